The molecule has 0 radical (unpaired) electrons. The third-order valence-electron chi connectivity index (χ3n) is 5.10. The zero-order chi connectivity index (χ0) is 20.2. The topological polar surface area (TPSA) is 113 Å². The lowest BCUT2D eigenvalue weighted by Crippen LogP contribution is -2.55. The minimum absolute atomic E-state index is 0.0283. The number of aromatic nitrogens is 1. The van der Waals surface area contributed by atoms with Gasteiger partial charge in [0.25, 0.3) is 0 Å². The van der Waals surface area contributed by atoms with Crippen molar-refractivity contribution in [1.82, 2.24) is 19.7 Å². The second-order valence-corrected chi connectivity index (χ2v) is 10.2. The fraction of sp³-hybridized carbons (Fsp3) is 0.471. The number of carbonyl (C=O) groups excluding carboxylic acids is 2. The highest BCUT2D eigenvalue weighted by Gasteiger charge is 2.45. The van der Waals surface area contributed by atoms with Gasteiger partial charge in [0.1, 0.15) is 16.0 Å². The van der Waals surface area contributed by atoms with Gasteiger partial charge in [-0.15, -0.1) is 11.3 Å². The Morgan fingerprint density at radius 3 is 2.71 bits per heavy atom. The summed E-state index contributed by atoms with van der Waals surface area (Å²) >= 11 is 1.13. The van der Waals surface area contributed by atoms with Crippen molar-refractivity contribution in [2.75, 3.05) is 20.1 Å². The Labute approximate surface area is 166 Å². The molecule has 4 heterocycles. The van der Waals surface area contributed by atoms with Gasteiger partial charge in [-0.1, -0.05) is 5.16 Å². The molecule has 0 spiro atoms. The second kappa shape index (κ2) is 6.68. The Morgan fingerprint density at radius 2 is 2.04 bits per heavy atom. The number of piperazine rings is 1. The van der Waals surface area contributed by atoms with Crippen LogP contribution >= 0.6 is 11.3 Å². The quantitative estimate of drug-likeness (QED) is 0.775. The number of nitrogens with one attached hydrogen (secondary N) is 1. The molecule has 2 amide bonds. The van der Waals surface area contributed by atoms with E-state index in [0.717, 1.165) is 21.8 Å². The number of fused-ring (bicyclic) bond motifs is 1. The summed E-state index contributed by atoms with van der Waals surface area (Å²) in [5.41, 5.74) is 1.49. The Hall–Kier alpha value is -2.24. The van der Waals surface area contributed by atoms with Gasteiger partial charge in [0.05, 0.1) is 17.8 Å². The smallest absolute Gasteiger partial charge is 0.250 e. The number of likely N-dealkylation sites (N-methyl/N-ethyl adjacent to an activating group) is 1. The second-order valence-electron chi connectivity index (χ2n) is 7.13. The Morgan fingerprint density at radius 1 is 1.29 bits per heavy atom. The summed E-state index contributed by atoms with van der Waals surface area (Å²) in [4.78, 5) is 28.0. The maximum absolute atomic E-state index is 12.8. The van der Waals surface area contributed by atoms with Crippen LogP contribution in [0.5, 0.6) is 0 Å². The van der Waals surface area contributed by atoms with E-state index in [1.54, 1.807) is 33.0 Å². The minimum atomic E-state index is -3.78. The van der Waals surface area contributed by atoms with Crippen molar-refractivity contribution in [1.29, 1.82) is 0 Å². The van der Waals surface area contributed by atoms with Crippen LogP contribution in [0.25, 0.3) is 10.4 Å². The fourth-order valence-corrected chi connectivity index (χ4v) is 6.48. The number of hydrogen-bond acceptors (Lipinski definition) is 7. The van der Waals surface area contributed by atoms with Crippen LogP contribution in [0.3, 0.4) is 0 Å². The lowest BCUT2D eigenvalue weighted by atomic mass is 10.1. The molecule has 2 aromatic rings. The average Bonchev–Trinajstić information content (AvgIpc) is 3.32. The SMILES string of the molecule is Cc1noc(C)c1-c1ccc(S(=O)(=O)NC2CC3C(=O)N(C)CC(=O)N3C2)s1. The summed E-state index contributed by atoms with van der Waals surface area (Å²) in [7, 11) is -2.20. The van der Waals surface area contributed by atoms with Gasteiger partial charge in [0.15, 0.2) is 0 Å². The molecule has 0 saturated carbocycles. The molecule has 1 N–H and O–H groups in total. The first-order valence-electron chi connectivity index (χ1n) is 8.77. The van der Waals surface area contributed by atoms with Crippen LogP contribution < -0.4 is 4.72 Å². The zero-order valence-corrected chi connectivity index (χ0v) is 17.3. The highest BCUT2D eigenvalue weighted by Crippen LogP contribution is 2.35. The van der Waals surface area contributed by atoms with Crippen molar-refractivity contribution in [2.24, 2.45) is 0 Å². The van der Waals surface area contributed by atoms with Gasteiger partial charge in [-0.2, -0.15) is 0 Å². The average molecular weight is 425 g/mol. The summed E-state index contributed by atoms with van der Waals surface area (Å²) in [5, 5.41) is 3.90. The van der Waals surface area contributed by atoms with Crippen LogP contribution in [0.1, 0.15) is 17.9 Å². The number of carbonyl (C=O) groups is 2. The molecule has 11 heteroatoms. The normalized spacial score (nSPS) is 22.8. The van der Waals surface area contributed by atoms with Gasteiger partial charge in [0.2, 0.25) is 21.8 Å². The molecule has 0 aliphatic carbocycles. The van der Waals surface area contributed by atoms with Gasteiger partial charge in [-0.25, -0.2) is 13.1 Å². The first-order chi connectivity index (χ1) is 13.2. The summed E-state index contributed by atoms with van der Waals surface area (Å²) in [6.45, 7) is 3.81. The number of rotatable bonds is 4. The van der Waals surface area contributed by atoms with E-state index in [9.17, 15) is 18.0 Å². The standard InChI is InChI=1S/C17H20N4O5S2/c1-9-16(10(2)26-18-9)13-4-5-15(27-13)28(24,25)19-11-6-12-17(23)20(3)8-14(22)21(12)7-11/h4-5,11-12,19H,6-8H2,1-3H3. The number of thiophene rings is 1. The molecule has 2 aliphatic rings. The third kappa shape index (κ3) is 3.12. The molecule has 2 aromatic heterocycles. The van der Waals surface area contributed by atoms with E-state index in [1.165, 1.54) is 9.80 Å². The zero-order valence-electron chi connectivity index (χ0n) is 15.6. The van der Waals surface area contributed by atoms with Crippen LogP contribution in [0.15, 0.2) is 20.9 Å². The number of amides is 2. The van der Waals surface area contributed by atoms with Crippen LogP contribution in [-0.2, 0) is 19.6 Å². The molecule has 4 rings (SSSR count). The molecular weight excluding hydrogens is 404 g/mol. The van der Waals surface area contributed by atoms with Crippen molar-refractivity contribution in [3.05, 3.63) is 23.6 Å². The monoisotopic (exact) mass is 424 g/mol. The van der Waals surface area contributed by atoms with Gasteiger partial charge in [-0.05, 0) is 32.4 Å². The van der Waals surface area contributed by atoms with Crippen LogP contribution in [0.2, 0.25) is 0 Å². The molecular formula is C17H20N4O5S2. The van der Waals surface area contributed by atoms with Crippen molar-refractivity contribution in [2.45, 2.75) is 36.6 Å². The predicted octanol–water partition coefficient (Wildman–Crippen LogP) is 0.740. The van der Waals surface area contributed by atoms with E-state index in [-0.39, 0.29) is 35.5 Å². The largest absolute Gasteiger partial charge is 0.361 e. The lowest BCUT2D eigenvalue weighted by Gasteiger charge is -2.33. The van der Waals surface area contributed by atoms with E-state index in [0.29, 0.717) is 11.5 Å². The number of hydrogen-bond donors (Lipinski definition) is 1. The predicted molar refractivity (Wildman–Crippen MR) is 101 cm³/mol. The van der Waals surface area contributed by atoms with E-state index >= 15 is 0 Å². The molecule has 0 aromatic carbocycles. The minimum Gasteiger partial charge on any atom is -0.361 e. The summed E-state index contributed by atoms with van der Waals surface area (Å²) in [6, 6.07) is 2.17. The molecule has 0 bridgehead atoms. The van der Waals surface area contributed by atoms with Gasteiger partial charge in [-0.3, -0.25) is 9.59 Å². The third-order valence-corrected chi connectivity index (χ3v) is 8.22. The molecule has 2 atom stereocenters. The maximum atomic E-state index is 12.8. The van der Waals surface area contributed by atoms with Crippen molar-refractivity contribution in [3.63, 3.8) is 0 Å². The number of aryl methyl sites for hydroxylation is 2. The van der Waals surface area contributed by atoms with Crippen molar-refractivity contribution < 1.29 is 22.5 Å². The molecule has 2 fully saturated rings. The van der Waals surface area contributed by atoms with E-state index in [1.807, 2.05) is 0 Å². The molecule has 2 aliphatic heterocycles. The van der Waals surface area contributed by atoms with Gasteiger partial charge in [0, 0.05) is 24.5 Å². The van der Waals surface area contributed by atoms with E-state index in [4.69, 9.17) is 4.52 Å². The number of nitrogens with zero attached hydrogens (tertiary/aromatic N) is 3. The van der Waals surface area contributed by atoms with Gasteiger partial charge >= 0.3 is 0 Å². The Balaban J connectivity index is 1.53. The van der Waals surface area contributed by atoms with Crippen LogP contribution in [0.4, 0.5) is 0 Å². The molecule has 9 nitrogen and oxygen atoms in total. The molecule has 2 unspecified atom stereocenters. The van der Waals surface area contributed by atoms with Gasteiger partial charge < -0.3 is 14.3 Å². The first kappa shape index (κ1) is 19.1. The van der Waals surface area contributed by atoms with E-state index in [2.05, 4.69) is 9.88 Å². The van der Waals surface area contributed by atoms with Crippen LogP contribution in [0, 0.1) is 13.8 Å². The maximum Gasteiger partial charge on any atom is 0.250 e. The molecule has 150 valence electrons. The van der Waals surface area contributed by atoms with Crippen molar-refractivity contribution in [3.8, 4) is 10.4 Å². The Bertz CT molecular complexity index is 1040. The summed E-state index contributed by atoms with van der Waals surface area (Å²) in [5.74, 6) is 0.314. The molecule has 2 saturated heterocycles. The first-order valence-corrected chi connectivity index (χ1v) is 11.1. The highest BCUT2D eigenvalue weighted by atomic mass is 32.2. The number of sulfonamides is 1. The lowest BCUT2D eigenvalue weighted by molar-refractivity contribution is -0.152. The van der Waals surface area contributed by atoms with Crippen molar-refractivity contribution >= 4 is 33.2 Å². The highest BCUT2D eigenvalue weighted by molar-refractivity contribution is 7.91. The molecule has 28 heavy (non-hydrogen) atoms. The summed E-state index contributed by atoms with van der Waals surface area (Å²) < 4.78 is 33.6. The van der Waals surface area contributed by atoms with E-state index < -0.39 is 22.1 Å². The summed E-state index contributed by atoms with van der Waals surface area (Å²) in [6.07, 6.45) is 0.274. The fourth-order valence-electron chi connectivity index (χ4n) is 3.77. The Kier molecular flexibility index (Phi) is 4.55. The van der Waals surface area contributed by atoms with Crippen LogP contribution in [-0.4, -0.2) is 67.4 Å².